The summed E-state index contributed by atoms with van der Waals surface area (Å²) in [4.78, 5) is 14.0. The van der Waals surface area contributed by atoms with E-state index in [1.54, 1.807) is 45.9 Å². The summed E-state index contributed by atoms with van der Waals surface area (Å²) < 4.78 is 59.8. The van der Waals surface area contributed by atoms with E-state index < -0.39 is 25.5 Å². The lowest BCUT2D eigenvalue weighted by Gasteiger charge is -2.29. The van der Waals surface area contributed by atoms with Crippen molar-refractivity contribution >= 4 is 42.4 Å². The standard InChI is InChI=1S/C32H36N2O5S2/c1-18-11-20(3)30(21(4)12-18)40(36,37)33-24-9-10-26-25(15-24)29-27(16-32(7,8)17-28(29)35)34(26)41(38,39)31-22(5)13-19(2)14-23(31)6/h9-15,33H,16-17H2,1-8H3. The molecule has 0 unspecified atom stereocenters. The minimum Gasteiger partial charge on any atom is -0.294 e. The quantitative estimate of drug-likeness (QED) is 0.278. The maximum Gasteiger partial charge on any atom is 0.268 e. The van der Waals surface area contributed by atoms with E-state index in [1.165, 1.54) is 3.97 Å². The first kappa shape index (κ1) is 29.1. The highest BCUT2D eigenvalue weighted by atomic mass is 32.2. The van der Waals surface area contributed by atoms with Gasteiger partial charge in [0, 0.05) is 28.8 Å². The van der Waals surface area contributed by atoms with Crippen molar-refractivity contribution in [3.8, 4) is 0 Å². The van der Waals surface area contributed by atoms with Crippen molar-refractivity contribution in [2.24, 2.45) is 5.41 Å². The summed E-state index contributed by atoms with van der Waals surface area (Å²) >= 11 is 0. The Morgan fingerprint density at radius 2 is 1.24 bits per heavy atom. The maximum atomic E-state index is 14.4. The zero-order valence-electron chi connectivity index (χ0n) is 24.8. The van der Waals surface area contributed by atoms with E-state index in [4.69, 9.17) is 0 Å². The second-order valence-corrected chi connectivity index (χ2v) is 15.7. The average Bonchev–Trinajstić information content (AvgIpc) is 3.09. The van der Waals surface area contributed by atoms with Crippen molar-refractivity contribution in [1.29, 1.82) is 0 Å². The number of aromatic nitrogens is 1. The van der Waals surface area contributed by atoms with Crippen molar-refractivity contribution in [2.75, 3.05) is 4.72 Å². The summed E-state index contributed by atoms with van der Waals surface area (Å²) in [6, 6.07) is 12.1. The van der Waals surface area contributed by atoms with E-state index in [9.17, 15) is 21.6 Å². The number of anilines is 1. The molecular formula is C32H36N2O5S2. The number of aryl methyl sites for hydroxylation is 6. The molecule has 4 aromatic rings. The van der Waals surface area contributed by atoms with Crippen LogP contribution in [0, 0.1) is 47.0 Å². The van der Waals surface area contributed by atoms with Gasteiger partial charge in [-0.05, 0) is 93.8 Å². The number of fused-ring (bicyclic) bond motifs is 3. The Hall–Kier alpha value is -3.43. The summed E-state index contributed by atoms with van der Waals surface area (Å²) in [5.74, 6) is -0.155. The van der Waals surface area contributed by atoms with Crippen molar-refractivity contribution in [2.45, 2.75) is 78.0 Å². The summed E-state index contributed by atoms with van der Waals surface area (Å²) in [5.41, 5.74) is 5.41. The van der Waals surface area contributed by atoms with Crippen molar-refractivity contribution in [3.05, 3.63) is 87.1 Å². The highest BCUT2D eigenvalue weighted by molar-refractivity contribution is 7.92. The number of Topliss-reactive ketones (excluding diaryl/α,β-unsaturated/α-hetero) is 1. The number of carbonyl (C=O) groups is 1. The van der Waals surface area contributed by atoms with Crippen LogP contribution in [0.2, 0.25) is 0 Å². The van der Waals surface area contributed by atoms with Gasteiger partial charge in [0.15, 0.2) is 5.78 Å². The van der Waals surface area contributed by atoms with Gasteiger partial charge in [-0.25, -0.2) is 20.8 Å². The van der Waals surface area contributed by atoms with Crippen LogP contribution in [-0.2, 0) is 26.5 Å². The SMILES string of the molecule is Cc1cc(C)c(S(=O)(=O)Nc2ccc3c(c2)c2c(n3S(=O)(=O)c3c(C)cc(C)cc3C)CC(C)(C)CC2=O)c(C)c1. The molecule has 0 radical (unpaired) electrons. The number of hydrogen-bond acceptors (Lipinski definition) is 5. The van der Waals surface area contributed by atoms with Crippen LogP contribution in [0.5, 0.6) is 0 Å². The number of rotatable bonds is 5. The molecule has 3 aromatic carbocycles. The predicted molar refractivity (Wildman–Crippen MR) is 163 cm³/mol. The van der Waals surface area contributed by atoms with E-state index in [0.29, 0.717) is 50.8 Å². The number of carbonyl (C=O) groups excluding carboxylic acids is 1. The number of nitrogens with zero attached hydrogens (tertiary/aromatic N) is 1. The highest BCUT2D eigenvalue weighted by Crippen LogP contribution is 2.43. The molecule has 1 aromatic heterocycles. The molecular weight excluding hydrogens is 556 g/mol. The molecule has 0 bridgehead atoms. The predicted octanol–water partition coefficient (Wildman–Crippen LogP) is 6.68. The van der Waals surface area contributed by atoms with Gasteiger partial charge in [0.25, 0.3) is 20.0 Å². The molecule has 7 nitrogen and oxygen atoms in total. The molecule has 1 aliphatic carbocycles. The third-order valence-corrected chi connectivity index (χ3v) is 11.6. The first-order valence-electron chi connectivity index (χ1n) is 13.6. The van der Waals surface area contributed by atoms with Crippen molar-refractivity contribution < 1.29 is 21.6 Å². The molecule has 9 heteroatoms. The Morgan fingerprint density at radius 3 is 1.78 bits per heavy atom. The number of hydrogen-bond donors (Lipinski definition) is 1. The molecule has 1 heterocycles. The fourth-order valence-electron chi connectivity index (χ4n) is 6.63. The Balaban J connectivity index is 1.75. The molecule has 0 amide bonds. The minimum atomic E-state index is -4.10. The maximum absolute atomic E-state index is 14.4. The number of benzene rings is 3. The fraction of sp³-hybridized carbons (Fsp3) is 0.344. The van der Waals surface area contributed by atoms with Gasteiger partial charge in [-0.1, -0.05) is 49.2 Å². The fourth-order valence-corrected chi connectivity index (χ4v) is 10.1. The molecule has 216 valence electrons. The molecule has 0 fully saturated rings. The smallest absolute Gasteiger partial charge is 0.268 e. The number of sulfonamides is 1. The van der Waals surface area contributed by atoms with E-state index in [2.05, 4.69) is 4.72 Å². The van der Waals surface area contributed by atoms with E-state index in [-0.39, 0.29) is 27.7 Å². The van der Waals surface area contributed by atoms with Gasteiger partial charge in [-0.15, -0.1) is 0 Å². The summed E-state index contributed by atoms with van der Waals surface area (Å²) in [6.45, 7) is 14.8. The van der Waals surface area contributed by atoms with Gasteiger partial charge >= 0.3 is 0 Å². The van der Waals surface area contributed by atoms with E-state index in [0.717, 1.165) is 11.1 Å². The third-order valence-electron chi connectivity index (χ3n) is 7.81. The Bertz CT molecular complexity index is 1950. The van der Waals surface area contributed by atoms with Crippen LogP contribution in [0.1, 0.15) is 69.7 Å². The third kappa shape index (κ3) is 4.89. The zero-order valence-corrected chi connectivity index (χ0v) is 26.4. The molecule has 0 saturated heterocycles. The molecule has 5 rings (SSSR count). The van der Waals surface area contributed by atoms with Crippen LogP contribution >= 0.6 is 0 Å². The normalized spacial score (nSPS) is 15.3. The molecule has 0 saturated carbocycles. The van der Waals surface area contributed by atoms with Crippen molar-refractivity contribution in [1.82, 2.24) is 3.97 Å². The van der Waals surface area contributed by atoms with Gasteiger partial charge in [0.1, 0.15) is 0 Å². The molecule has 1 aliphatic rings. The number of nitrogens with one attached hydrogen (secondary N) is 1. The minimum absolute atomic E-state index is 0.155. The number of ketones is 1. The first-order chi connectivity index (χ1) is 18.9. The van der Waals surface area contributed by atoms with Gasteiger partial charge in [-0.3, -0.25) is 9.52 Å². The average molecular weight is 593 g/mol. The molecule has 41 heavy (non-hydrogen) atoms. The van der Waals surface area contributed by atoms with Gasteiger partial charge < -0.3 is 0 Å². The van der Waals surface area contributed by atoms with Crippen LogP contribution in [-0.4, -0.2) is 26.6 Å². The second kappa shape index (κ2) is 9.56. The summed E-state index contributed by atoms with van der Waals surface area (Å²) in [7, 11) is -8.05. The van der Waals surface area contributed by atoms with Crippen LogP contribution in [0.4, 0.5) is 5.69 Å². The second-order valence-electron chi connectivity index (χ2n) is 12.3. The van der Waals surface area contributed by atoms with Crippen LogP contribution in [0.15, 0.2) is 52.3 Å². The molecule has 0 atom stereocenters. The highest BCUT2D eigenvalue weighted by Gasteiger charge is 2.39. The lowest BCUT2D eigenvalue weighted by Crippen LogP contribution is -2.30. The summed E-state index contributed by atoms with van der Waals surface area (Å²) in [6.07, 6.45) is 0.647. The molecule has 0 spiro atoms. The monoisotopic (exact) mass is 592 g/mol. The van der Waals surface area contributed by atoms with Crippen LogP contribution < -0.4 is 4.72 Å². The van der Waals surface area contributed by atoms with Crippen molar-refractivity contribution in [3.63, 3.8) is 0 Å². The summed E-state index contributed by atoms with van der Waals surface area (Å²) in [5, 5.41) is 0.420. The van der Waals surface area contributed by atoms with E-state index in [1.807, 2.05) is 52.0 Å². The molecule has 1 N–H and O–H groups in total. The van der Waals surface area contributed by atoms with Gasteiger partial charge in [0.2, 0.25) is 0 Å². The van der Waals surface area contributed by atoms with Crippen LogP contribution in [0.3, 0.4) is 0 Å². The largest absolute Gasteiger partial charge is 0.294 e. The topological polar surface area (TPSA) is 102 Å². The molecule has 0 aliphatic heterocycles. The Labute approximate surface area is 242 Å². The van der Waals surface area contributed by atoms with Crippen LogP contribution in [0.25, 0.3) is 10.9 Å². The lowest BCUT2D eigenvalue weighted by atomic mass is 9.76. The van der Waals surface area contributed by atoms with Gasteiger partial charge in [0.05, 0.1) is 15.3 Å². The first-order valence-corrected chi connectivity index (χ1v) is 16.5. The zero-order chi connectivity index (χ0) is 30.2. The lowest BCUT2D eigenvalue weighted by molar-refractivity contribution is 0.0913. The Kier molecular flexibility index (Phi) is 6.78. The van der Waals surface area contributed by atoms with Gasteiger partial charge in [-0.2, -0.15) is 0 Å². The van der Waals surface area contributed by atoms with E-state index >= 15 is 0 Å². The Morgan fingerprint density at radius 1 is 0.732 bits per heavy atom.